The van der Waals surface area contributed by atoms with Crippen molar-refractivity contribution in [2.45, 2.75) is 51.4 Å². The molecule has 0 aromatic carbocycles. The maximum absolute atomic E-state index is 12.2. The number of hydrogen-bond acceptors (Lipinski definition) is 3. The molecule has 0 spiro atoms. The molecule has 1 aromatic rings. The quantitative estimate of drug-likeness (QED) is 0.747. The number of aromatic nitrogens is 2. The Kier molecular flexibility index (Phi) is 4.58. The molecular weight excluding hydrogens is 264 g/mol. The van der Waals surface area contributed by atoms with Gasteiger partial charge in [0.2, 0.25) is 5.91 Å². The Morgan fingerprint density at radius 1 is 1.29 bits per heavy atom. The van der Waals surface area contributed by atoms with E-state index in [1.165, 1.54) is 44.2 Å². The van der Waals surface area contributed by atoms with Crippen LogP contribution in [0.1, 0.15) is 57.1 Å². The molecule has 5 nitrogen and oxygen atoms in total. The number of rotatable bonds is 4. The summed E-state index contributed by atoms with van der Waals surface area (Å²) in [5.74, 6) is 1.85. The predicted molar refractivity (Wildman–Crippen MR) is 83.2 cm³/mol. The highest BCUT2D eigenvalue weighted by molar-refractivity contribution is 5.91. The average molecular weight is 290 g/mol. The van der Waals surface area contributed by atoms with Gasteiger partial charge in [-0.2, -0.15) is 5.10 Å². The SMILES string of the molecule is CC(C(=O)Nc1cc(C2CCCCCC2)[nH]n1)C1CNC1. The second-order valence-corrected chi connectivity index (χ2v) is 6.59. The standard InChI is InChI=1S/C16H26N4O/c1-11(13-9-17-10-13)16(21)18-15-8-14(19-20-15)12-6-4-2-3-5-7-12/h8,11-13,17H,2-7,9-10H2,1H3,(H2,18,19,20,21). The predicted octanol–water partition coefficient (Wildman–Crippen LogP) is 2.64. The van der Waals surface area contributed by atoms with Gasteiger partial charge in [0.1, 0.15) is 0 Å². The molecule has 1 aromatic heterocycles. The molecule has 1 aliphatic heterocycles. The van der Waals surface area contributed by atoms with E-state index in [9.17, 15) is 4.79 Å². The Labute approximate surface area is 126 Å². The number of amides is 1. The minimum absolute atomic E-state index is 0.0456. The van der Waals surface area contributed by atoms with Crippen LogP contribution < -0.4 is 10.6 Å². The highest BCUT2D eigenvalue weighted by atomic mass is 16.2. The molecule has 3 rings (SSSR count). The van der Waals surface area contributed by atoms with E-state index in [1.807, 2.05) is 13.0 Å². The Balaban J connectivity index is 1.57. The lowest BCUT2D eigenvalue weighted by molar-refractivity contribution is -0.121. The first kappa shape index (κ1) is 14.6. The summed E-state index contributed by atoms with van der Waals surface area (Å²) in [6, 6.07) is 2.03. The van der Waals surface area contributed by atoms with Crippen molar-refractivity contribution >= 4 is 11.7 Å². The minimum atomic E-state index is 0.0456. The van der Waals surface area contributed by atoms with E-state index in [0.717, 1.165) is 13.1 Å². The van der Waals surface area contributed by atoms with Crippen molar-refractivity contribution in [3.05, 3.63) is 11.8 Å². The molecule has 2 aliphatic rings. The van der Waals surface area contributed by atoms with Crippen molar-refractivity contribution in [1.82, 2.24) is 15.5 Å². The number of H-pyrrole nitrogens is 1. The Bertz CT molecular complexity index is 472. The molecular formula is C16H26N4O. The number of carbonyl (C=O) groups excluding carboxylic acids is 1. The van der Waals surface area contributed by atoms with Crippen LogP contribution >= 0.6 is 0 Å². The molecule has 21 heavy (non-hydrogen) atoms. The lowest BCUT2D eigenvalue weighted by atomic mass is 9.88. The van der Waals surface area contributed by atoms with Crippen molar-refractivity contribution in [3.8, 4) is 0 Å². The molecule has 2 heterocycles. The first-order valence-corrected chi connectivity index (χ1v) is 8.31. The normalized spacial score (nSPS) is 22.3. The van der Waals surface area contributed by atoms with Gasteiger partial charge in [-0.1, -0.05) is 32.6 Å². The van der Waals surface area contributed by atoms with Gasteiger partial charge in [0, 0.05) is 23.6 Å². The summed E-state index contributed by atoms with van der Waals surface area (Å²) in [5.41, 5.74) is 1.19. The minimum Gasteiger partial charge on any atom is -0.316 e. The summed E-state index contributed by atoms with van der Waals surface area (Å²) in [7, 11) is 0. The van der Waals surface area contributed by atoms with E-state index >= 15 is 0 Å². The fourth-order valence-corrected chi connectivity index (χ4v) is 3.32. The Morgan fingerprint density at radius 2 is 2.00 bits per heavy atom. The maximum atomic E-state index is 12.2. The van der Waals surface area contributed by atoms with Crippen LogP contribution in [-0.2, 0) is 4.79 Å². The first-order chi connectivity index (χ1) is 10.2. The first-order valence-electron chi connectivity index (χ1n) is 8.31. The zero-order chi connectivity index (χ0) is 14.7. The van der Waals surface area contributed by atoms with Gasteiger partial charge in [0.15, 0.2) is 5.82 Å². The van der Waals surface area contributed by atoms with Crippen LogP contribution in [0.25, 0.3) is 0 Å². The van der Waals surface area contributed by atoms with E-state index in [0.29, 0.717) is 17.7 Å². The average Bonchev–Trinajstić information content (AvgIpc) is 2.71. The van der Waals surface area contributed by atoms with Gasteiger partial charge in [-0.05, 0) is 31.8 Å². The molecule has 1 saturated carbocycles. The molecule has 2 fully saturated rings. The van der Waals surface area contributed by atoms with Crippen molar-refractivity contribution in [1.29, 1.82) is 0 Å². The highest BCUT2D eigenvalue weighted by Crippen LogP contribution is 2.31. The van der Waals surface area contributed by atoms with Crippen molar-refractivity contribution < 1.29 is 4.79 Å². The monoisotopic (exact) mass is 290 g/mol. The van der Waals surface area contributed by atoms with Crippen LogP contribution in [0.15, 0.2) is 6.07 Å². The van der Waals surface area contributed by atoms with Crippen molar-refractivity contribution in [3.63, 3.8) is 0 Å². The van der Waals surface area contributed by atoms with Gasteiger partial charge >= 0.3 is 0 Å². The second kappa shape index (κ2) is 6.60. The number of nitrogens with one attached hydrogen (secondary N) is 3. The number of nitrogens with zero attached hydrogens (tertiary/aromatic N) is 1. The van der Waals surface area contributed by atoms with E-state index in [1.54, 1.807) is 0 Å². The summed E-state index contributed by atoms with van der Waals surface area (Å²) < 4.78 is 0. The summed E-state index contributed by atoms with van der Waals surface area (Å²) in [6.07, 6.45) is 7.77. The van der Waals surface area contributed by atoms with Crippen molar-refractivity contribution in [2.75, 3.05) is 18.4 Å². The van der Waals surface area contributed by atoms with Crippen LogP contribution in [-0.4, -0.2) is 29.2 Å². The van der Waals surface area contributed by atoms with Crippen LogP contribution in [0.5, 0.6) is 0 Å². The van der Waals surface area contributed by atoms with Crippen LogP contribution in [0.2, 0.25) is 0 Å². The topological polar surface area (TPSA) is 69.8 Å². The van der Waals surface area contributed by atoms with Gasteiger partial charge in [-0.25, -0.2) is 0 Å². The highest BCUT2D eigenvalue weighted by Gasteiger charge is 2.29. The second-order valence-electron chi connectivity index (χ2n) is 6.59. The lowest BCUT2D eigenvalue weighted by Gasteiger charge is -2.31. The smallest absolute Gasteiger partial charge is 0.228 e. The molecule has 0 radical (unpaired) electrons. The zero-order valence-corrected chi connectivity index (χ0v) is 12.8. The van der Waals surface area contributed by atoms with Crippen molar-refractivity contribution in [2.24, 2.45) is 11.8 Å². The lowest BCUT2D eigenvalue weighted by Crippen LogP contribution is -2.48. The van der Waals surface area contributed by atoms with Gasteiger partial charge in [0.25, 0.3) is 0 Å². The molecule has 1 unspecified atom stereocenters. The largest absolute Gasteiger partial charge is 0.316 e. The molecule has 3 N–H and O–H groups in total. The van der Waals surface area contributed by atoms with Gasteiger partial charge in [-0.3, -0.25) is 9.89 Å². The van der Waals surface area contributed by atoms with Crippen LogP contribution in [0.4, 0.5) is 5.82 Å². The third-order valence-electron chi connectivity index (χ3n) is 5.08. The number of aromatic amines is 1. The fraction of sp³-hybridized carbons (Fsp3) is 0.750. The Hall–Kier alpha value is -1.36. The zero-order valence-electron chi connectivity index (χ0n) is 12.8. The van der Waals surface area contributed by atoms with E-state index in [2.05, 4.69) is 20.8 Å². The third-order valence-corrected chi connectivity index (χ3v) is 5.08. The molecule has 1 atom stereocenters. The molecule has 5 heteroatoms. The van der Waals surface area contributed by atoms with E-state index in [4.69, 9.17) is 0 Å². The Morgan fingerprint density at radius 3 is 2.62 bits per heavy atom. The van der Waals surface area contributed by atoms with Gasteiger partial charge in [0.05, 0.1) is 0 Å². The summed E-state index contributed by atoms with van der Waals surface area (Å²) in [5, 5.41) is 13.6. The van der Waals surface area contributed by atoms with E-state index in [-0.39, 0.29) is 11.8 Å². The summed E-state index contributed by atoms with van der Waals surface area (Å²) in [4.78, 5) is 12.2. The summed E-state index contributed by atoms with van der Waals surface area (Å²) in [6.45, 7) is 3.89. The number of carbonyl (C=O) groups is 1. The van der Waals surface area contributed by atoms with Gasteiger partial charge in [-0.15, -0.1) is 0 Å². The maximum Gasteiger partial charge on any atom is 0.228 e. The van der Waals surface area contributed by atoms with Crippen LogP contribution in [0, 0.1) is 11.8 Å². The number of anilines is 1. The van der Waals surface area contributed by atoms with E-state index < -0.39 is 0 Å². The van der Waals surface area contributed by atoms with Crippen LogP contribution in [0.3, 0.4) is 0 Å². The fourth-order valence-electron chi connectivity index (χ4n) is 3.32. The number of hydrogen-bond donors (Lipinski definition) is 3. The third kappa shape index (κ3) is 3.46. The van der Waals surface area contributed by atoms with Gasteiger partial charge < -0.3 is 10.6 Å². The molecule has 1 amide bonds. The molecule has 116 valence electrons. The summed E-state index contributed by atoms with van der Waals surface area (Å²) >= 11 is 0. The molecule has 0 bridgehead atoms. The molecule has 1 saturated heterocycles. The molecule has 1 aliphatic carbocycles.